The minimum Gasteiger partial charge on any atom is -0.508 e. The van der Waals surface area contributed by atoms with E-state index in [1.54, 1.807) is 24.3 Å². The zero-order chi connectivity index (χ0) is 23.2. The first kappa shape index (κ1) is 23.0. The van der Waals surface area contributed by atoms with Gasteiger partial charge in [-0.3, -0.25) is 4.79 Å². The summed E-state index contributed by atoms with van der Waals surface area (Å²) in [6.45, 7) is 0.977. The molecule has 0 spiro atoms. The zero-order valence-electron chi connectivity index (χ0n) is 17.0. The lowest BCUT2D eigenvalue weighted by molar-refractivity contribution is 0.0631. The van der Waals surface area contributed by atoms with Gasteiger partial charge in [0, 0.05) is 29.7 Å². The number of hydrogen-bond donors (Lipinski definition) is 4. The van der Waals surface area contributed by atoms with Crippen molar-refractivity contribution in [1.29, 1.82) is 0 Å². The van der Waals surface area contributed by atoms with E-state index in [0.29, 0.717) is 30.1 Å². The van der Waals surface area contributed by atoms with Crippen LogP contribution < -0.4 is 15.4 Å². The summed E-state index contributed by atoms with van der Waals surface area (Å²) in [5.41, 5.74) is -0.361. The van der Waals surface area contributed by atoms with Crippen LogP contribution in [-0.4, -0.2) is 59.0 Å². The number of piperidine rings is 1. The van der Waals surface area contributed by atoms with E-state index in [1.165, 1.54) is 6.07 Å². The summed E-state index contributed by atoms with van der Waals surface area (Å²) in [7, 11) is 4.97. The monoisotopic (exact) mass is 475 g/mol. The van der Waals surface area contributed by atoms with E-state index in [1.807, 2.05) is 11.9 Å². The number of rotatable bonds is 4. The molecule has 1 aromatic heterocycles. The second-order valence-corrected chi connectivity index (χ2v) is 8.83. The lowest BCUT2D eigenvalue weighted by Gasteiger charge is -2.34. The summed E-state index contributed by atoms with van der Waals surface area (Å²) >= 11 is 6.28. The largest absolute Gasteiger partial charge is 0.508 e. The van der Waals surface area contributed by atoms with Crippen molar-refractivity contribution in [2.24, 2.45) is 0 Å². The van der Waals surface area contributed by atoms with Crippen LogP contribution in [0.15, 0.2) is 39.5 Å². The van der Waals surface area contributed by atoms with E-state index in [-0.39, 0.29) is 33.5 Å². The maximum Gasteiger partial charge on any atom is 0.391 e. The molecule has 32 heavy (non-hydrogen) atoms. The highest BCUT2D eigenvalue weighted by Crippen LogP contribution is 2.43. The number of β-amino-alcohol motifs (C(OH)–C–C–N with tert-alkyl or cyclic N) is 1. The number of aliphatic hydroxyl groups is 1. The van der Waals surface area contributed by atoms with Gasteiger partial charge in [-0.15, -0.1) is 0 Å². The molecule has 11 heteroatoms. The quantitative estimate of drug-likeness (QED) is 0.334. The average molecular weight is 476 g/mol. The Morgan fingerprint density at radius 3 is 2.69 bits per heavy atom. The van der Waals surface area contributed by atoms with E-state index >= 15 is 0 Å². The molecule has 2 heterocycles. The minimum absolute atomic E-state index is 0.0560. The van der Waals surface area contributed by atoms with Gasteiger partial charge in [0.25, 0.3) is 0 Å². The number of hydrogen-bond acceptors (Lipinski definition) is 8. The van der Waals surface area contributed by atoms with Crippen LogP contribution in [0.1, 0.15) is 17.9 Å². The zero-order valence-corrected chi connectivity index (χ0v) is 18.7. The Morgan fingerprint density at radius 1 is 1.31 bits per heavy atom. The second-order valence-electron chi connectivity index (χ2n) is 7.73. The maximum atomic E-state index is 13.2. The van der Waals surface area contributed by atoms with Gasteiger partial charge in [0.05, 0.1) is 11.1 Å². The summed E-state index contributed by atoms with van der Waals surface area (Å²) < 4.78 is 11.1. The lowest BCUT2D eigenvalue weighted by Crippen LogP contribution is -2.40. The first-order chi connectivity index (χ1) is 15.2. The molecule has 1 saturated heterocycles. The van der Waals surface area contributed by atoms with Crippen LogP contribution in [0.5, 0.6) is 11.5 Å². The molecule has 2 aromatic carbocycles. The summed E-state index contributed by atoms with van der Waals surface area (Å²) in [6, 6.07) is 7.97. The Kier molecular flexibility index (Phi) is 6.50. The third-order valence-electron chi connectivity index (χ3n) is 5.64. The number of fused-ring (bicyclic) bond motifs is 1. The third kappa shape index (κ3) is 4.12. The SMILES string of the molecule is [B]c1c(O)c(C2CCN(C)CC2O)c2oc(-c3ccccc3Cl)cc(=O)c2c1OP(O)O. The van der Waals surface area contributed by atoms with E-state index in [9.17, 15) is 24.8 Å². The van der Waals surface area contributed by atoms with Crippen molar-refractivity contribution in [1.82, 2.24) is 4.90 Å². The first-order valence-electron chi connectivity index (χ1n) is 9.78. The topological polar surface area (TPSA) is 124 Å². The van der Waals surface area contributed by atoms with Gasteiger partial charge in [0.1, 0.15) is 36.1 Å². The van der Waals surface area contributed by atoms with Gasteiger partial charge in [-0.25, -0.2) is 0 Å². The predicted molar refractivity (Wildman–Crippen MR) is 123 cm³/mol. The predicted octanol–water partition coefficient (Wildman–Crippen LogP) is 1.98. The Labute approximate surface area is 191 Å². The van der Waals surface area contributed by atoms with Gasteiger partial charge >= 0.3 is 8.60 Å². The van der Waals surface area contributed by atoms with E-state index in [0.717, 1.165) is 0 Å². The number of benzene rings is 2. The third-order valence-corrected chi connectivity index (χ3v) is 6.32. The van der Waals surface area contributed by atoms with Gasteiger partial charge in [0.2, 0.25) is 0 Å². The van der Waals surface area contributed by atoms with Crippen molar-refractivity contribution in [3.63, 3.8) is 0 Å². The Balaban J connectivity index is 2.06. The maximum absolute atomic E-state index is 13.2. The van der Waals surface area contributed by atoms with Crippen molar-refractivity contribution < 1.29 is 28.9 Å². The highest BCUT2D eigenvalue weighted by atomic mass is 35.5. The molecule has 4 rings (SSSR count). The molecule has 2 atom stereocenters. The van der Waals surface area contributed by atoms with Crippen LogP contribution in [0.2, 0.25) is 5.02 Å². The number of phenolic OH excluding ortho intramolecular Hbond substituents is 1. The Hall–Kier alpha value is -2.13. The molecule has 166 valence electrons. The molecular formula is C21H20BClNO7P. The molecular weight excluding hydrogens is 455 g/mol. The minimum atomic E-state index is -2.94. The number of halogens is 1. The van der Waals surface area contributed by atoms with Crippen molar-refractivity contribution >= 4 is 44.5 Å². The molecule has 0 aliphatic carbocycles. The molecule has 1 fully saturated rings. The van der Waals surface area contributed by atoms with Crippen molar-refractivity contribution in [2.75, 3.05) is 20.1 Å². The van der Waals surface area contributed by atoms with Crippen LogP contribution in [0.3, 0.4) is 0 Å². The fourth-order valence-corrected chi connectivity index (χ4v) is 4.72. The lowest BCUT2D eigenvalue weighted by atomic mass is 9.80. The van der Waals surface area contributed by atoms with Crippen LogP contribution in [0.25, 0.3) is 22.3 Å². The van der Waals surface area contributed by atoms with Crippen molar-refractivity contribution in [2.45, 2.75) is 18.4 Å². The molecule has 8 nitrogen and oxygen atoms in total. The number of phenols is 1. The van der Waals surface area contributed by atoms with E-state index in [2.05, 4.69) is 0 Å². The van der Waals surface area contributed by atoms with Gasteiger partial charge < -0.3 is 33.8 Å². The molecule has 2 unspecified atom stereocenters. The number of likely N-dealkylation sites (tertiary alicyclic amines) is 1. The number of likely N-dealkylation sites (N-methyl/N-ethyl adjacent to an activating group) is 1. The van der Waals surface area contributed by atoms with Crippen LogP contribution in [-0.2, 0) is 0 Å². The number of aliphatic hydroxyl groups excluding tert-OH is 1. The van der Waals surface area contributed by atoms with Gasteiger partial charge in [-0.05, 0) is 37.6 Å². The molecule has 0 amide bonds. The Bertz CT molecular complexity index is 1230. The normalized spacial score (nSPS) is 19.6. The highest BCUT2D eigenvalue weighted by molar-refractivity contribution is 7.39. The molecule has 4 N–H and O–H groups in total. The van der Waals surface area contributed by atoms with Gasteiger partial charge in [-0.1, -0.05) is 23.7 Å². The van der Waals surface area contributed by atoms with Crippen molar-refractivity contribution in [3.8, 4) is 22.8 Å². The summed E-state index contributed by atoms with van der Waals surface area (Å²) in [5.74, 6) is -1.28. The fourth-order valence-electron chi connectivity index (χ4n) is 4.13. The molecule has 0 saturated carbocycles. The van der Waals surface area contributed by atoms with E-state index < -0.39 is 31.8 Å². The summed E-state index contributed by atoms with van der Waals surface area (Å²) in [4.78, 5) is 33.9. The van der Waals surface area contributed by atoms with Gasteiger partial charge in [0.15, 0.2) is 5.43 Å². The van der Waals surface area contributed by atoms with Crippen LogP contribution in [0, 0.1) is 0 Å². The molecule has 1 aliphatic rings. The van der Waals surface area contributed by atoms with Crippen molar-refractivity contribution in [3.05, 3.63) is 51.1 Å². The molecule has 1 aliphatic heterocycles. The smallest absolute Gasteiger partial charge is 0.391 e. The number of aromatic hydroxyl groups is 1. The molecule has 0 bridgehead atoms. The second kappa shape index (κ2) is 9.02. The number of nitrogens with zero attached hydrogens (tertiary/aromatic N) is 1. The van der Waals surface area contributed by atoms with Crippen LogP contribution in [0.4, 0.5) is 0 Å². The summed E-state index contributed by atoms with van der Waals surface area (Å²) in [6.07, 6.45) is -0.400. The highest BCUT2D eigenvalue weighted by Gasteiger charge is 2.34. The van der Waals surface area contributed by atoms with Crippen LogP contribution >= 0.6 is 20.2 Å². The fraction of sp³-hybridized carbons (Fsp3) is 0.286. The van der Waals surface area contributed by atoms with E-state index in [4.69, 9.17) is 28.4 Å². The summed E-state index contributed by atoms with van der Waals surface area (Å²) in [5, 5.41) is 21.9. The molecule has 3 aromatic rings. The first-order valence-corrected chi connectivity index (χ1v) is 11.3. The molecule has 2 radical (unpaired) electrons. The average Bonchev–Trinajstić information content (AvgIpc) is 2.72. The standard InChI is InChI=1S/C21H20BClNO7P/c1-24-7-6-11(14(26)9-24)16-19(27)18(22)21(31-32(28)29)17-13(25)8-15(30-20(16)17)10-4-2-3-5-12(10)23/h2-5,8,11,14,26-29H,6-7,9H2,1H3. The van der Waals surface area contributed by atoms with Gasteiger partial charge in [-0.2, -0.15) is 0 Å². The Morgan fingerprint density at radius 2 is 2.03 bits per heavy atom.